The smallest absolute Gasteiger partial charge is 0.126 e. The Hall–Kier alpha value is -1.00. The quantitative estimate of drug-likeness (QED) is 0.730. The third-order valence-electron chi connectivity index (χ3n) is 2.02. The lowest BCUT2D eigenvalue weighted by Crippen LogP contribution is -2.15. The van der Waals surface area contributed by atoms with Crippen molar-refractivity contribution in [2.75, 3.05) is 26.8 Å². The summed E-state index contributed by atoms with van der Waals surface area (Å²) in [6, 6.07) is 3.45. The molecule has 84 valence electrons. The molecule has 0 atom stereocenters. The Labute approximate surface area is 88.3 Å². The molecule has 0 radical (unpaired) electrons. The second kappa shape index (κ2) is 6.48. The molecule has 4 heteroatoms. The molecule has 0 spiro atoms. The molecule has 0 amide bonds. The number of rotatable bonds is 6. The van der Waals surface area contributed by atoms with E-state index in [-0.39, 0.29) is 5.82 Å². The van der Waals surface area contributed by atoms with Crippen LogP contribution in [0.15, 0.2) is 18.2 Å². The van der Waals surface area contributed by atoms with Crippen LogP contribution in [0.1, 0.15) is 5.56 Å². The molecule has 15 heavy (non-hydrogen) atoms. The van der Waals surface area contributed by atoms with Gasteiger partial charge in [0, 0.05) is 6.54 Å². The van der Waals surface area contributed by atoms with Gasteiger partial charge in [0.25, 0.3) is 0 Å². The first-order valence-corrected chi connectivity index (χ1v) is 4.90. The molecule has 0 heterocycles. The second-order valence-corrected chi connectivity index (χ2v) is 3.20. The first kappa shape index (κ1) is 12.1. The molecule has 0 unspecified atom stereocenters. The second-order valence-electron chi connectivity index (χ2n) is 3.20. The minimum absolute atomic E-state index is 0.361. The summed E-state index contributed by atoms with van der Waals surface area (Å²) in [6.07, 6.45) is 0.396. The number of nitrogens with one attached hydrogen (secondary N) is 1. The third-order valence-corrected chi connectivity index (χ3v) is 2.02. The normalized spacial score (nSPS) is 10.6. The van der Waals surface area contributed by atoms with Crippen LogP contribution in [0, 0.1) is 11.6 Å². The van der Waals surface area contributed by atoms with Crippen LogP contribution in [-0.4, -0.2) is 26.8 Å². The summed E-state index contributed by atoms with van der Waals surface area (Å²) >= 11 is 0. The van der Waals surface area contributed by atoms with Crippen LogP contribution in [0.4, 0.5) is 8.78 Å². The fourth-order valence-corrected chi connectivity index (χ4v) is 1.19. The van der Waals surface area contributed by atoms with Crippen molar-refractivity contribution in [3.8, 4) is 0 Å². The topological polar surface area (TPSA) is 21.3 Å². The highest BCUT2D eigenvalue weighted by molar-refractivity contribution is 5.18. The van der Waals surface area contributed by atoms with Gasteiger partial charge in [0.15, 0.2) is 0 Å². The van der Waals surface area contributed by atoms with E-state index in [4.69, 9.17) is 4.74 Å². The van der Waals surface area contributed by atoms with E-state index in [0.717, 1.165) is 18.7 Å². The summed E-state index contributed by atoms with van der Waals surface area (Å²) in [5, 5.41) is 2.93. The minimum Gasteiger partial charge on any atom is -0.380 e. The van der Waals surface area contributed by atoms with Gasteiger partial charge in [-0.2, -0.15) is 0 Å². The Morgan fingerprint density at radius 1 is 1.27 bits per heavy atom. The van der Waals surface area contributed by atoms with Gasteiger partial charge in [-0.05, 0) is 37.2 Å². The Morgan fingerprint density at radius 2 is 2.07 bits per heavy atom. The predicted octanol–water partition coefficient (Wildman–Crippen LogP) is 1.74. The van der Waals surface area contributed by atoms with Crippen LogP contribution in [0.25, 0.3) is 0 Å². The van der Waals surface area contributed by atoms with Crippen molar-refractivity contribution in [1.29, 1.82) is 0 Å². The summed E-state index contributed by atoms with van der Waals surface area (Å²) in [4.78, 5) is 0. The lowest BCUT2D eigenvalue weighted by atomic mass is 10.1. The first-order chi connectivity index (χ1) is 7.24. The van der Waals surface area contributed by atoms with E-state index >= 15 is 0 Å². The molecule has 1 N–H and O–H groups in total. The molecule has 0 aliphatic rings. The average Bonchev–Trinajstić information content (AvgIpc) is 2.23. The summed E-state index contributed by atoms with van der Waals surface area (Å²) < 4.78 is 31.1. The summed E-state index contributed by atoms with van der Waals surface area (Å²) in [5.74, 6) is -0.796. The number of likely N-dealkylation sites (N-methyl/N-ethyl adjacent to an activating group) is 1. The number of halogens is 2. The number of ether oxygens (including phenoxy) is 1. The van der Waals surface area contributed by atoms with Crippen molar-refractivity contribution < 1.29 is 13.5 Å². The van der Waals surface area contributed by atoms with Gasteiger partial charge in [0.1, 0.15) is 11.6 Å². The first-order valence-electron chi connectivity index (χ1n) is 4.90. The molecular formula is C11H15F2NO. The zero-order valence-electron chi connectivity index (χ0n) is 8.72. The monoisotopic (exact) mass is 215 g/mol. The van der Waals surface area contributed by atoms with Crippen LogP contribution in [0.3, 0.4) is 0 Å². The lowest BCUT2D eigenvalue weighted by Gasteiger charge is -2.05. The SMILES string of the molecule is CNCCOCCc1cc(F)ccc1F. The Balaban J connectivity index is 2.33. The van der Waals surface area contributed by atoms with Crippen LogP contribution >= 0.6 is 0 Å². The fourth-order valence-electron chi connectivity index (χ4n) is 1.19. The van der Waals surface area contributed by atoms with Gasteiger partial charge in [-0.3, -0.25) is 0 Å². The van der Waals surface area contributed by atoms with E-state index in [2.05, 4.69) is 5.32 Å². The van der Waals surface area contributed by atoms with Crippen molar-refractivity contribution >= 4 is 0 Å². The molecule has 0 aromatic heterocycles. The van der Waals surface area contributed by atoms with Crippen LogP contribution in [-0.2, 0) is 11.2 Å². The number of hydrogen-bond donors (Lipinski definition) is 1. The summed E-state index contributed by atoms with van der Waals surface area (Å²) in [6.45, 7) is 1.74. The van der Waals surface area contributed by atoms with Crippen molar-refractivity contribution in [2.24, 2.45) is 0 Å². The van der Waals surface area contributed by atoms with Crippen molar-refractivity contribution in [2.45, 2.75) is 6.42 Å². The fraction of sp³-hybridized carbons (Fsp3) is 0.455. The number of hydrogen-bond acceptors (Lipinski definition) is 2. The molecule has 0 aliphatic carbocycles. The van der Waals surface area contributed by atoms with Gasteiger partial charge in [0.05, 0.1) is 13.2 Å². The molecule has 0 saturated carbocycles. The Morgan fingerprint density at radius 3 is 2.80 bits per heavy atom. The molecule has 1 rings (SSSR count). The predicted molar refractivity (Wildman–Crippen MR) is 54.8 cm³/mol. The van der Waals surface area contributed by atoms with E-state index in [1.54, 1.807) is 0 Å². The van der Waals surface area contributed by atoms with E-state index < -0.39 is 5.82 Å². The van der Waals surface area contributed by atoms with Gasteiger partial charge >= 0.3 is 0 Å². The molecule has 1 aromatic rings. The molecule has 0 fully saturated rings. The van der Waals surface area contributed by atoms with E-state index in [9.17, 15) is 8.78 Å². The molecule has 1 aromatic carbocycles. The van der Waals surface area contributed by atoms with Gasteiger partial charge < -0.3 is 10.1 Å². The van der Waals surface area contributed by atoms with Gasteiger partial charge in [-0.1, -0.05) is 0 Å². The summed E-state index contributed by atoms with van der Waals surface area (Å²) in [5.41, 5.74) is 0.361. The molecular weight excluding hydrogens is 200 g/mol. The van der Waals surface area contributed by atoms with Gasteiger partial charge in [-0.15, -0.1) is 0 Å². The maximum absolute atomic E-state index is 13.1. The van der Waals surface area contributed by atoms with Crippen LogP contribution in [0.5, 0.6) is 0 Å². The molecule has 0 aliphatic heterocycles. The Bertz CT molecular complexity index is 305. The largest absolute Gasteiger partial charge is 0.380 e. The van der Waals surface area contributed by atoms with E-state index in [1.165, 1.54) is 6.07 Å². The number of benzene rings is 1. The summed E-state index contributed by atoms with van der Waals surface area (Å²) in [7, 11) is 1.83. The van der Waals surface area contributed by atoms with Crippen LogP contribution < -0.4 is 5.32 Å². The van der Waals surface area contributed by atoms with Crippen molar-refractivity contribution in [3.05, 3.63) is 35.4 Å². The third kappa shape index (κ3) is 4.36. The highest BCUT2D eigenvalue weighted by Gasteiger charge is 2.03. The molecule has 0 saturated heterocycles. The van der Waals surface area contributed by atoms with Gasteiger partial charge in [-0.25, -0.2) is 8.78 Å². The Kier molecular flexibility index (Phi) is 5.21. The standard InChI is InChI=1S/C11H15F2NO/c1-14-5-7-15-6-4-9-8-10(12)2-3-11(9)13/h2-3,8,14H,4-7H2,1H3. The highest BCUT2D eigenvalue weighted by atomic mass is 19.1. The van der Waals surface area contributed by atoms with Crippen LogP contribution in [0.2, 0.25) is 0 Å². The van der Waals surface area contributed by atoms with Crippen molar-refractivity contribution in [1.82, 2.24) is 5.32 Å². The zero-order valence-corrected chi connectivity index (χ0v) is 8.72. The lowest BCUT2D eigenvalue weighted by molar-refractivity contribution is 0.139. The van der Waals surface area contributed by atoms with Crippen molar-refractivity contribution in [3.63, 3.8) is 0 Å². The highest BCUT2D eigenvalue weighted by Crippen LogP contribution is 2.10. The average molecular weight is 215 g/mol. The maximum Gasteiger partial charge on any atom is 0.126 e. The zero-order chi connectivity index (χ0) is 11.1. The van der Waals surface area contributed by atoms with Gasteiger partial charge in [0.2, 0.25) is 0 Å². The maximum atomic E-state index is 13.1. The van der Waals surface area contributed by atoms with E-state index in [0.29, 0.717) is 25.2 Å². The molecule has 2 nitrogen and oxygen atoms in total. The van der Waals surface area contributed by atoms with E-state index in [1.807, 2.05) is 7.05 Å². The molecule has 0 bridgehead atoms. The minimum atomic E-state index is -0.415.